The molecule has 140 valence electrons. The molecule has 0 saturated heterocycles. The number of methoxy groups -OCH3 is 2. The summed E-state index contributed by atoms with van der Waals surface area (Å²) in [5.41, 5.74) is 3.56. The van der Waals surface area contributed by atoms with Gasteiger partial charge >= 0.3 is 0 Å². The lowest BCUT2D eigenvalue weighted by Gasteiger charge is -2.11. The van der Waals surface area contributed by atoms with E-state index in [1.165, 1.54) is 17.7 Å². The molecule has 0 atom stereocenters. The fourth-order valence-corrected chi connectivity index (χ4v) is 3.52. The van der Waals surface area contributed by atoms with E-state index in [2.05, 4.69) is 20.4 Å². The molecular formula is C20H23N5O2. The maximum atomic E-state index is 5.38. The molecule has 0 bridgehead atoms. The lowest BCUT2D eigenvalue weighted by atomic mass is 10.1. The number of aromatic nitrogens is 4. The Kier molecular flexibility index (Phi) is 4.66. The molecule has 3 aromatic rings. The highest BCUT2D eigenvalue weighted by atomic mass is 16.5. The zero-order valence-electron chi connectivity index (χ0n) is 15.8. The Balaban J connectivity index is 1.55. The molecule has 1 aliphatic rings. The van der Waals surface area contributed by atoms with Crippen molar-refractivity contribution in [2.45, 2.75) is 25.7 Å². The molecular weight excluding hydrogens is 342 g/mol. The monoisotopic (exact) mass is 365 g/mol. The predicted molar refractivity (Wildman–Crippen MR) is 103 cm³/mol. The minimum atomic E-state index is 0.610. The van der Waals surface area contributed by atoms with Gasteiger partial charge in [0.1, 0.15) is 17.5 Å². The van der Waals surface area contributed by atoms with Crippen molar-refractivity contribution in [3.8, 4) is 11.5 Å². The van der Waals surface area contributed by atoms with Crippen molar-refractivity contribution in [1.29, 1.82) is 0 Å². The Morgan fingerprint density at radius 1 is 1.11 bits per heavy atom. The topological polar surface area (TPSA) is 74.1 Å². The zero-order chi connectivity index (χ0) is 18.8. The van der Waals surface area contributed by atoms with Crippen molar-refractivity contribution >= 4 is 11.6 Å². The van der Waals surface area contributed by atoms with Gasteiger partial charge in [-0.2, -0.15) is 5.10 Å². The maximum Gasteiger partial charge on any atom is 0.161 e. The van der Waals surface area contributed by atoms with Crippen LogP contribution in [0, 0.1) is 0 Å². The van der Waals surface area contributed by atoms with Crippen LogP contribution in [0.25, 0.3) is 0 Å². The molecule has 0 spiro atoms. The first-order valence-corrected chi connectivity index (χ1v) is 9.02. The second-order valence-corrected chi connectivity index (χ2v) is 6.60. The van der Waals surface area contributed by atoms with Gasteiger partial charge in [-0.3, -0.25) is 4.68 Å². The van der Waals surface area contributed by atoms with E-state index in [0.29, 0.717) is 17.9 Å². The highest BCUT2D eigenvalue weighted by molar-refractivity contribution is 5.58. The number of hydrogen-bond acceptors (Lipinski definition) is 6. The summed E-state index contributed by atoms with van der Waals surface area (Å²) < 4.78 is 12.6. The number of fused-ring (bicyclic) bond motifs is 1. The summed E-state index contributed by atoms with van der Waals surface area (Å²) in [5, 5.41) is 8.02. The third-order valence-corrected chi connectivity index (χ3v) is 4.83. The molecule has 4 rings (SSSR count). The highest BCUT2D eigenvalue weighted by Crippen LogP contribution is 2.30. The van der Waals surface area contributed by atoms with E-state index in [4.69, 9.17) is 9.47 Å². The van der Waals surface area contributed by atoms with Crippen molar-refractivity contribution in [2.75, 3.05) is 19.5 Å². The Morgan fingerprint density at radius 2 is 1.96 bits per heavy atom. The molecule has 1 aromatic carbocycles. The summed E-state index contributed by atoms with van der Waals surface area (Å²) in [6.45, 7) is 0. The number of benzene rings is 1. The number of nitrogens with one attached hydrogen (secondary N) is 1. The maximum absolute atomic E-state index is 5.38. The van der Waals surface area contributed by atoms with Gasteiger partial charge in [-0.1, -0.05) is 6.07 Å². The average Bonchev–Trinajstić information content (AvgIpc) is 3.24. The van der Waals surface area contributed by atoms with Crippen LogP contribution in [0.5, 0.6) is 11.5 Å². The second-order valence-electron chi connectivity index (χ2n) is 6.60. The number of hydrogen-bond donors (Lipinski definition) is 1. The van der Waals surface area contributed by atoms with Crippen molar-refractivity contribution in [2.24, 2.45) is 7.05 Å². The van der Waals surface area contributed by atoms with Gasteiger partial charge in [0.2, 0.25) is 0 Å². The molecule has 0 unspecified atom stereocenters. The van der Waals surface area contributed by atoms with Crippen LogP contribution in [0.1, 0.15) is 29.1 Å². The lowest BCUT2D eigenvalue weighted by molar-refractivity contribution is 0.354. The number of anilines is 2. The van der Waals surface area contributed by atoms with Gasteiger partial charge in [0.25, 0.3) is 0 Å². The fourth-order valence-electron chi connectivity index (χ4n) is 3.52. The Hall–Kier alpha value is -3.09. The summed E-state index contributed by atoms with van der Waals surface area (Å²) in [4.78, 5) is 9.08. The Labute approximate surface area is 158 Å². The molecule has 1 N–H and O–H groups in total. The molecule has 27 heavy (non-hydrogen) atoms. The van der Waals surface area contributed by atoms with Crippen LogP contribution in [0.2, 0.25) is 0 Å². The number of nitrogens with zero attached hydrogens (tertiary/aromatic N) is 4. The van der Waals surface area contributed by atoms with Gasteiger partial charge in [-0.05, 0) is 43.0 Å². The van der Waals surface area contributed by atoms with Gasteiger partial charge in [-0.25, -0.2) is 9.97 Å². The van der Waals surface area contributed by atoms with Gasteiger partial charge in [0.05, 0.1) is 19.9 Å². The summed E-state index contributed by atoms with van der Waals surface area (Å²) in [6.07, 6.45) is 5.68. The first-order chi connectivity index (χ1) is 13.2. The second kappa shape index (κ2) is 7.26. The zero-order valence-corrected chi connectivity index (χ0v) is 15.8. The molecule has 0 aliphatic heterocycles. The van der Waals surface area contributed by atoms with Crippen LogP contribution < -0.4 is 14.8 Å². The predicted octanol–water partition coefficient (Wildman–Crippen LogP) is 3.05. The van der Waals surface area contributed by atoms with E-state index in [1.54, 1.807) is 20.4 Å². The van der Waals surface area contributed by atoms with E-state index >= 15 is 0 Å². The van der Waals surface area contributed by atoms with Gasteiger partial charge in [0, 0.05) is 25.2 Å². The van der Waals surface area contributed by atoms with Crippen LogP contribution >= 0.6 is 0 Å². The number of rotatable bonds is 6. The number of aryl methyl sites for hydroxylation is 2. The molecule has 0 amide bonds. The molecule has 7 nitrogen and oxygen atoms in total. The van der Waals surface area contributed by atoms with E-state index in [0.717, 1.165) is 35.9 Å². The quantitative estimate of drug-likeness (QED) is 0.724. The minimum absolute atomic E-state index is 0.610. The fraction of sp³-hybridized carbons (Fsp3) is 0.350. The third-order valence-electron chi connectivity index (χ3n) is 4.83. The summed E-state index contributed by atoms with van der Waals surface area (Å²) in [6, 6.07) is 7.73. The van der Waals surface area contributed by atoms with Gasteiger partial charge < -0.3 is 14.8 Å². The van der Waals surface area contributed by atoms with Crippen LogP contribution in [0.3, 0.4) is 0 Å². The first kappa shape index (κ1) is 17.3. The average molecular weight is 365 g/mol. The van der Waals surface area contributed by atoms with Crippen LogP contribution in [0.15, 0.2) is 30.5 Å². The summed E-state index contributed by atoms with van der Waals surface area (Å²) in [5.74, 6) is 3.96. The van der Waals surface area contributed by atoms with E-state index in [1.807, 2.05) is 36.0 Å². The molecule has 0 radical (unpaired) electrons. The lowest BCUT2D eigenvalue weighted by Crippen LogP contribution is -2.05. The molecule has 1 aliphatic carbocycles. The minimum Gasteiger partial charge on any atom is -0.493 e. The standard InChI is InChI=1S/C20H23N5O2/c1-25-20(14-5-4-6-15(14)24-25)23-18-9-10-21-19(22-18)12-13-7-8-16(26-2)17(11-13)27-3/h7-11H,4-6,12H2,1-3H3,(H,21,22,23). The Morgan fingerprint density at radius 3 is 2.78 bits per heavy atom. The van der Waals surface area contributed by atoms with E-state index in [-0.39, 0.29) is 0 Å². The number of ether oxygens (including phenoxy) is 2. The van der Waals surface area contributed by atoms with Crippen molar-refractivity contribution in [3.63, 3.8) is 0 Å². The summed E-state index contributed by atoms with van der Waals surface area (Å²) >= 11 is 0. The van der Waals surface area contributed by atoms with Crippen LogP contribution in [-0.2, 0) is 26.3 Å². The SMILES string of the molecule is COc1ccc(Cc2nccc(Nc3c4c(nn3C)CCC4)n2)cc1OC. The molecule has 7 heteroatoms. The Bertz CT molecular complexity index is 967. The molecule has 2 aromatic heterocycles. The largest absolute Gasteiger partial charge is 0.493 e. The van der Waals surface area contributed by atoms with E-state index < -0.39 is 0 Å². The van der Waals surface area contributed by atoms with Crippen molar-refractivity contribution in [3.05, 3.63) is 53.1 Å². The molecule has 0 fully saturated rings. The van der Waals surface area contributed by atoms with Gasteiger partial charge in [-0.15, -0.1) is 0 Å². The van der Waals surface area contributed by atoms with E-state index in [9.17, 15) is 0 Å². The molecule has 2 heterocycles. The third kappa shape index (κ3) is 3.45. The molecule has 0 saturated carbocycles. The highest BCUT2D eigenvalue weighted by Gasteiger charge is 2.21. The van der Waals surface area contributed by atoms with Crippen LogP contribution in [-0.4, -0.2) is 34.0 Å². The summed E-state index contributed by atoms with van der Waals surface area (Å²) in [7, 11) is 5.23. The first-order valence-electron chi connectivity index (χ1n) is 9.02. The smallest absolute Gasteiger partial charge is 0.161 e. The van der Waals surface area contributed by atoms with Crippen molar-refractivity contribution < 1.29 is 9.47 Å². The van der Waals surface area contributed by atoms with Crippen molar-refractivity contribution in [1.82, 2.24) is 19.7 Å². The van der Waals surface area contributed by atoms with Crippen LogP contribution in [0.4, 0.5) is 11.6 Å². The van der Waals surface area contributed by atoms with Gasteiger partial charge in [0.15, 0.2) is 11.5 Å². The normalized spacial score (nSPS) is 12.7.